The molecule has 0 radical (unpaired) electrons. The Balaban J connectivity index is 2.06. The Labute approximate surface area is 142 Å². The zero-order valence-electron chi connectivity index (χ0n) is 15.4. The Morgan fingerprint density at radius 3 is 2.74 bits per heavy atom. The maximum absolute atomic E-state index is 9.74. The topological polar surface area (TPSA) is 38.7 Å². The highest BCUT2D eigenvalue weighted by Gasteiger charge is 2.14. The van der Waals surface area contributed by atoms with Crippen LogP contribution in [-0.2, 0) is 9.47 Å². The number of allylic oxidation sites excluding steroid dienone is 2. The van der Waals surface area contributed by atoms with Crippen LogP contribution < -0.4 is 0 Å². The third-order valence-electron chi connectivity index (χ3n) is 4.59. The molecule has 3 unspecified atom stereocenters. The molecule has 1 fully saturated rings. The lowest BCUT2D eigenvalue weighted by Gasteiger charge is -2.23. The van der Waals surface area contributed by atoms with Crippen LogP contribution in [-0.4, -0.2) is 30.7 Å². The average molecular weight is 325 g/mol. The average Bonchev–Trinajstić information content (AvgIpc) is 2.53. The van der Waals surface area contributed by atoms with Gasteiger partial charge < -0.3 is 14.6 Å². The van der Waals surface area contributed by atoms with Gasteiger partial charge >= 0.3 is 0 Å². The summed E-state index contributed by atoms with van der Waals surface area (Å²) in [5.74, 6) is 0.670. The maximum Gasteiger partial charge on any atom is 0.157 e. The molecule has 0 amide bonds. The second kappa shape index (κ2) is 11.8. The van der Waals surface area contributed by atoms with Crippen LogP contribution >= 0.6 is 0 Å². The van der Waals surface area contributed by atoms with E-state index >= 15 is 0 Å². The summed E-state index contributed by atoms with van der Waals surface area (Å²) in [6, 6.07) is 0. The summed E-state index contributed by atoms with van der Waals surface area (Å²) in [5, 5.41) is 9.74. The van der Waals surface area contributed by atoms with Crippen molar-refractivity contribution in [1.29, 1.82) is 0 Å². The van der Waals surface area contributed by atoms with Crippen molar-refractivity contribution in [3.63, 3.8) is 0 Å². The van der Waals surface area contributed by atoms with Gasteiger partial charge in [0, 0.05) is 13.2 Å². The summed E-state index contributed by atoms with van der Waals surface area (Å²) in [4.78, 5) is 0. The number of hydrogen-bond acceptors (Lipinski definition) is 3. The predicted molar refractivity (Wildman–Crippen MR) is 96.4 cm³/mol. The first-order valence-corrected chi connectivity index (χ1v) is 9.21. The van der Waals surface area contributed by atoms with E-state index in [0.29, 0.717) is 5.92 Å². The van der Waals surface area contributed by atoms with Gasteiger partial charge in [-0.05, 0) is 71.1 Å². The Morgan fingerprint density at radius 2 is 2.09 bits per heavy atom. The van der Waals surface area contributed by atoms with Crippen molar-refractivity contribution >= 4 is 0 Å². The Hall–Kier alpha value is -0.640. The molecule has 3 nitrogen and oxygen atoms in total. The SMILES string of the molecule is C=C(C)C(O)CC/C(C)=C/CCC(C)CCOC1CCCCO1. The summed E-state index contributed by atoms with van der Waals surface area (Å²) >= 11 is 0. The van der Waals surface area contributed by atoms with Crippen molar-refractivity contribution in [2.75, 3.05) is 13.2 Å². The molecular weight excluding hydrogens is 288 g/mol. The van der Waals surface area contributed by atoms with Crippen LogP contribution in [0.2, 0.25) is 0 Å². The lowest BCUT2D eigenvalue weighted by atomic mass is 9.99. The van der Waals surface area contributed by atoms with E-state index in [1.807, 2.05) is 6.92 Å². The number of hydrogen-bond donors (Lipinski definition) is 1. The van der Waals surface area contributed by atoms with Gasteiger partial charge in [-0.15, -0.1) is 0 Å². The van der Waals surface area contributed by atoms with Gasteiger partial charge in [0.25, 0.3) is 0 Å². The van der Waals surface area contributed by atoms with Crippen molar-refractivity contribution < 1.29 is 14.6 Å². The molecule has 0 aromatic carbocycles. The van der Waals surface area contributed by atoms with E-state index < -0.39 is 0 Å². The van der Waals surface area contributed by atoms with Crippen LogP contribution in [0.3, 0.4) is 0 Å². The van der Waals surface area contributed by atoms with E-state index in [9.17, 15) is 5.11 Å². The molecule has 1 saturated heterocycles. The van der Waals surface area contributed by atoms with E-state index in [0.717, 1.165) is 50.9 Å². The zero-order valence-corrected chi connectivity index (χ0v) is 15.4. The lowest BCUT2D eigenvalue weighted by Crippen LogP contribution is -2.23. The summed E-state index contributed by atoms with van der Waals surface area (Å²) in [7, 11) is 0. The first-order valence-electron chi connectivity index (χ1n) is 9.21. The van der Waals surface area contributed by atoms with Gasteiger partial charge in [0.2, 0.25) is 0 Å². The highest BCUT2D eigenvalue weighted by atomic mass is 16.7. The zero-order chi connectivity index (χ0) is 17.1. The van der Waals surface area contributed by atoms with Crippen molar-refractivity contribution in [2.45, 2.75) is 84.5 Å². The predicted octanol–water partition coefficient (Wildman–Crippen LogP) is 5.00. The Morgan fingerprint density at radius 1 is 1.30 bits per heavy atom. The highest BCUT2D eigenvalue weighted by molar-refractivity contribution is 5.02. The van der Waals surface area contributed by atoms with Crippen LogP contribution in [0.15, 0.2) is 23.8 Å². The monoisotopic (exact) mass is 324 g/mol. The standard InChI is InChI=1S/C20H36O3/c1-16(2)19(21)12-11-17(3)8-7-9-18(4)13-15-23-20-10-5-6-14-22-20/h8,18-21H,1,5-7,9-15H2,2-4H3/b17-8+. The molecule has 0 bridgehead atoms. The molecule has 0 aromatic heterocycles. The third-order valence-corrected chi connectivity index (χ3v) is 4.59. The molecular formula is C20H36O3. The molecule has 0 aliphatic carbocycles. The summed E-state index contributed by atoms with van der Waals surface area (Å²) in [6.45, 7) is 11.8. The normalized spacial score (nSPS) is 21.9. The number of ether oxygens (including phenoxy) is 2. The van der Waals surface area contributed by atoms with Crippen LogP contribution in [0.5, 0.6) is 0 Å². The van der Waals surface area contributed by atoms with E-state index in [1.165, 1.54) is 24.8 Å². The summed E-state index contributed by atoms with van der Waals surface area (Å²) < 4.78 is 11.4. The van der Waals surface area contributed by atoms with Crippen molar-refractivity contribution in [1.82, 2.24) is 0 Å². The minimum absolute atomic E-state index is 0.0397. The fraction of sp³-hybridized carbons (Fsp3) is 0.800. The molecule has 3 atom stereocenters. The third kappa shape index (κ3) is 9.95. The number of aliphatic hydroxyl groups excluding tert-OH is 1. The Bertz CT molecular complexity index is 356. The van der Waals surface area contributed by atoms with E-state index in [4.69, 9.17) is 9.47 Å². The molecule has 3 heteroatoms. The first-order chi connectivity index (χ1) is 11.0. The number of rotatable bonds is 11. The Kier molecular flexibility index (Phi) is 10.5. The lowest BCUT2D eigenvalue weighted by molar-refractivity contribution is -0.163. The largest absolute Gasteiger partial charge is 0.389 e. The van der Waals surface area contributed by atoms with Gasteiger partial charge in [-0.25, -0.2) is 0 Å². The minimum atomic E-state index is -0.364. The molecule has 0 spiro atoms. The molecule has 134 valence electrons. The molecule has 0 aromatic rings. The van der Waals surface area contributed by atoms with Crippen LogP contribution in [0.1, 0.15) is 72.1 Å². The quantitative estimate of drug-likeness (QED) is 0.544. The van der Waals surface area contributed by atoms with Gasteiger partial charge in [-0.2, -0.15) is 0 Å². The van der Waals surface area contributed by atoms with Gasteiger partial charge in [0.15, 0.2) is 6.29 Å². The second-order valence-electron chi connectivity index (χ2n) is 7.09. The summed E-state index contributed by atoms with van der Waals surface area (Å²) in [5.41, 5.74) is 2.22. The minimum Gasteiger partial charge on any atom is -0.389 e. The van der Waals surface area contributed by atoms with Gasteiger partial charge in [0.05, 0.1) is 6.10 Å². The fourth-order valence-corrected chi connectivity index (χ4v) is 2.71. The molecule has 1 heterocycles. The van der Waals surface area contributed by atoms with Crippen molar-refractivity contribution in [3.05, 3.63) is 23.8 Å². The van der Waals surface area contributed by atoms with E-state index in [1.54, 1.807) is 0 Å². The van der Waals surface area contributed by atoms with Crippen LogP contribution in [0.4, 0.5) is 0 Å². The molecule has 1 N–H and O–H groups in total. The van der Waals surface area contributed by atoms with E-state index in [2.05, 4.69) is 26.5 Å². The fourth-order valence-electron chi connectivity index (χ4n) is 2.71. The molecule has 1 aliphatic heterocycles. The van der Waals surface area contributed by atoms with Crippen molar-refractivity contribution in [2.24, 2.45) is 5.92 Å². The first kappa shape index (κ1) is 20.4. The summed E-state index contributed by atoms with van der Waals surface area (Å²) in [6.07, 6.45) is 10.6. The molecule has 0 saturated carbocycles. The van der Waals surface area contributed by atoms with Crippen molar-refractivity contribution in [3.8, 4) is 0 Å². The van der Waals surface area contributed by atoms with Gasteiger partial charge in [-0.3, -0.25) is 0 Å². The van der Waals surface area contributed by atoms with E-state index in [-0.39, 0.29) is 12.4 Å². The molecule has 1 rings (SSSR count). The molecule has 1 aliphatic rings. The second-order valence-corrected chi connectivity index (χ2v) is 7.09. The van der Waals surface area contributed by atoms with Crippen LogP contribution in [0, 0.1) is 5.92 Å². The smallest absolute Gasteiger partial charge is 0.157 e. The number of aliphatic hydroxyl groups is 1. The van der Waals surface area contributed by atoms with Gasteiger partial charge in [0.1, 0.15) is 0 Å². The highest BCUT2D eigenvalue weighted by Crippen LogP contribution is 2.18. The molecule has 23 heavy (non-hydrogen) atoms. The van der Waals surface area contributed by atoms with Crippen LogP contribution in [0.25, 0.3) is 0 Å². The van der Waals surface area contributed by atoms with Gasteiger partial charge in [-0.1, -0.05) is 30.7 Å². The maximum atomic E-state index is 9.74.